The minimum atomic E-state index is 0.557. The molecule has 0 fully saturated rings. The van der Waals surface area contributed by atoms with Crippen LogP contribution in [0.4, 0.5) is 0 Å². The highest BCUT2D eigenvalue weighted by molar-refractivity contribution is 5.80. The summed E-state index contributed by atoms with van der Waals surface area (Å²) < 4.78 is 0. The molecule has 0 atom stereocenters. The van der Waals surface area contributed by atoms with E-state index in [1.807, 2.05) is 18.3 Å². The smallest absolute Gasteiger partial charge is 0.0780 e. The third-order valence-electron chi connectivity index (χ3n) is 3.74. The van der Waals surface area contributed by atoms with Crippen LogP contribution in [-0.2, 0) is 0 Å². The molecule has 3 aromatic rings. The molecule has 0 aliphatic heterocycles. The number of nitrogens with zero attached hydrogens (tertiary/aromatic N) is 1. The Labute approximate surface area is 126 Å². The molecular weight excluding hydrogens is 254 g/mol. The second-order valence-electron chi connectivity index (χ2n) is 5.54. The van der Waals surface area contributed by atoms with Crippen molar-refractivity contribution in [3.8, 4) is 22.4 Å². The summed E-state index contributed by atoms with van der Waals surface area (Å²) in [7, 11) is 0. The molecule has 1 aromatic heterocycles. The molecule has 104 valence electrons. The quantitative estimate of drug-likeness (QED) is 0.610. The van der Waals surface area contributed by atoms with Gasteiger partial charge in [-0.2, -0.15) is 0 Å². The van der Waals surface area contributed by atoms with Crippen LogP contribution in [0.5, 0.6) is 0 Å². The average molecular weight is 273 g/mol. The zero-order valence-corrected chi connectivity index (χ0v) is 12.5. The predicted octanol–water partition coefficient (Wildman–Crippen LogP) is 5.54. The fourth-order valence-corrected chi connectivity index (χ4v) is 2.51. The number of hydrogen-bond acceptors (Lipinski definition) is 1. The van der Waals surface area contributed by atoms with Gasteiger partial charge in [0, 0.05) is 17.3 Å². The van der Waals surface area contributed by atoms with Crippen molar-refractivity contribution >= 4 is 0 Å². The van der Waals surface area contributed by atoms with Gasteiger partial charge in [0.15, 0.2) is 0 Å². The van der Waals surface area contributed by atoms with Gasteiger partial charge in [0.2, 0.25) is 0 Å². The lowest BCUT2D eigenvalue weighted by Crippen LogP contribution is -1.90. The predicted molar refractivity (Wildman–Crippen MR) is 89.2 cm³/mol. The normalized spacial score (nSPS) is 10.8. The summed E-state index contributed by atoms with van der Waals surface area (Å²) in [5, 5.41) is 0. The van der Waals surface area contributed by atoms with Gasteiger partial charge in [-0.05, 0) is 23.1 Å². The van der Waals surface area contributed by atoms with Crippen molar-refractivity contribution in [2.45, 2.75) is 19.8 Å². The molecule has 0 unspecified atom stereocenters. The summed E-state index contributed by atoms with van der Waals surface area (Å²) in [5.41, 5.74) is 5.95. The van der Waals surface area contributed by atoms with Gasteiger partial charge in [0.1, 0.15) is 0 Å². The van der Waals surface area contributed by atoms with Crippen molar-refractivity contribution < 1.29 is 0 Å². The van der Waals surface area contributed by atoms with E-state index in [1.165, 1.54) is 16.7 Å². The van der Waals surface area contributed by atoms with Gasteiger partial charge in [0.25, 0.3) is 0 Å². The van der Waals surface area contributed by atoms with Gasteiger partial charge in [-0.15, -0.1) is 0 Å². The third kappa shape index (κ3) is 2.87. The van der Waals surface area contributed by atoms with E-state index in [4.69, 9.17) is 0 Å². The van der Waals surface area contributed by atoms with E-state index in [0.717, 1.165) is 11.3 Å². The second-order valence-corrected chi connectivity index (χ2v) is 5.54. The van der Waals surface area contributed by atoms with Crippen molar-refractivity contribution in [1.29, 1.82) is 0 Å². The lowest BCUT2D eigenvalue weighted by atomic mass is 9.96. The van der Waals surface area contributed by atoms with Crippen LogP contribution in [0.1, 0.15) is 25.3 Å². The van der Waals surface area contributed by atoms with Crippen molar-refractivity contribution in [3.63, 3.8) is 0 Å². The number of rotatable bonds is 3. The molecular formula is C20H19N. The fourth-order valence-electron chi connectivity index (χ4n) is 2.51. The Hall–Kier alpha value is -2.41. The minimum Gasteiger partial charge on any atom is -0.256 e. The molecule has 0 aliphatic rings. The van der Waals surface area contributed by atoms with E-state index >= 15 is 0 Å². The first-order valence-electron chi connectivity index (χ1n) is 7.36. The maximum Gasteiger partial charge on any atom is 0.0780 e. The van der Waals surface area contributed by atoms with Crippen LogP contribution in [0.2, 0.25) is 0 Å². The monoisotopic (exact) mass is 273 g/mol. The fraction of sp³-hybridized carbons (Fsp3) is 0.150. The van der Waals surface area contributed by atoms with Gasteiger partial charge in [-0.25, -0.2) is 0 Å². The second kappa shape index (κ2) is 5.92. The number of benzene rings is 2. The highest BCUT2D eigenvalue weighted by Gasteiger charge is 2.08. The van der Waals surface area contributed by atoms with Gasteiger partial charge < -0.3 is 0 Å². The Morgan fingerprint density at radius 1 is 0.714 bits per heavy atom. The van der Waals surface area contributed by atoms with Crippen LogP contribution in [-0.4, -0.2) is 4.98 Å². The Morgan fingerprint density at radius 2 is 1.43 bits per heavy atom. The molecule has 0 bridgehead atoms. The summed E-state index contributed by atoms with van der Waals surface area (Å²) in [6.45, 7) is 4.43. The maximum atomic E-state index is 4.58. The van der Waals surface area contributed by atoms with E-state index in [9.17, 15) is 0 Å². The molecule has 0 spiro atoms. The molecule has 0 radical (unpaired) electrons. The average Bonchev–Trinajstić information content (AvgIpc) is 2.56. The summed E-state index contributed by atoms with van der Waals surface area (Å²) in [5.74, 6) is 0.557. The summed E-state index contributed by atoms with van der Waals surface area (Å²) in [6, 6.07) is 23.3. The first kappa shape index (κ1) is 13.6. The number of pyridine rings is 1. The molecule has 0 amide bonds. The molecule has 1 heterocycles. The Kier molecular flexibility index (Phi) is 3.83. The van der Waals surface area contributed by atoms with Crippen molar-refractivity contribution in [1.82, 2.24) is 4.98 Å². The highest BCUT2D eigenvalue weighted by Crippen LogP contribution is 2.30. The standard InChI is InChI=1S/C20H19N/c1-15(2)16-10-12-17(13-11-16)19-9-6-14-21-20(19)18-7-4-3-5-8-18/h3-15H,1-2H3. The zero-order valence-electron chi connectivity index (χ0n) is 12.5. The zero-order chi connectivity index (χ0) is 14.7. The Balaban J connectivity index is 2.07. The van der Waals surface area contributed by atoms with Gasteiger partial charge in [0.05, 0.1) is 5.69 Å². The highest BCUT2D eigenvalue weighted by atomic mass is 14.7. The van der Waals surface area contributed by atoms with Gasteiger partial charge >= 0.3 is 0 Å². The third-order valence-corrected chi connectivity index (χ3v) is 3.74. The van der Waals surface area contributed by atoms with E-state index in [0.29, 0.717) is 5.92 Å². The van der Waals surface area contributed by atoms with Crippen molar-refractivity contribution in [2.75, 3.05) is 0 Å². The number of aromatic nitrogens is 1. The van der Waals surface area contributed by atoms with Crippen LogP contribution < -0.4 is 0 Å². The topological polar surface area (TPSA) is 12.9 Å². The molecule has 3 rings (SSSR count). The van der Waals surface area contributed by atoms with Crippen LogP contribution in [0.25, 0.3) is 22.4 Å². The first-order valence-corrected chi connectivity index (χ1v) is 7.36. The van der Waals surface area contributed by atoms with E-state index in [1.54, 1.807) is 0 Å². The summed E-state index contributed by atoms with van der Waals surface area (Å²) >= 11 is 0. The minimum absolute atomic E-state index is 0.557. The lowest BCUT2D eigenvalue weighted by molar-refractivity contribution is 0.867. The molecule has 1 nitrogen and oxygen atoms in total. The van der Waals surface area contributed by atoms with Crippen LogP contribution in [0.3, 0.4) is 0 Å². The molecule has 2 aromatic carbocycles. The summed E-state index contributed by atoms with van der Waals surface area (Å²) in [6.07, 6.45) is 1.86. The molecule has 21 heavy (non-hydrogen) atoms. The SMILES string of the molecule is CC(C)c1ccc(-c2cccnc2-c2ccccc2)cc1. The summed E-state index contributed by atoms with van der Waals surface area (Å²) in [4.78, 5) is 4.58. The molecule has 0 saturated heterocycles. The van der Waals surface area contributed by atoms with Crippen LogP contribution >= 0.6 is 0 Å². The van der Waals surface area contributed by atoms with Crippen LogP contribution in [0.15, 0.2) is 72.9 Å². The Bertz CT molecular complexity index is 712. The van der Waals surface area contributed by atoms with E-state index in [-0.39, 0.29) is 0 Å². The first-order chi connectivity index (χ1) is 10.3. The van der Waals surface area contributed by atoms with Crippen molar-refractivity contribution in [3.05, 3.63) is 78.5 Å². The molecule has 1 heteroatoms. The van der Waals surface area contributed by atoms with Gasteiger partial charge in [-0.1, -0.05) is 74.5 Å². The molecule has 0 saturated carbocycles. The van der Waals surface area contributed by atoms with Gasteiger partial charge in [-0.3, -0.25) is 4.98 Å². The van der Waals surface area contributed by atoms with Crippen molar-refractivity contribution in [2.24, 2.45) is 0 Å². The van der Waals surface area contributed by atoms with Crippen LogP contribution in [0, 0.1) is 0 Å². The Morgan fingerprint density at radius 3 is 2.10 bits per heavy atom. The van der Waals surface area contributed by atoms with E-state index < -0.39 is 0 Å². The molecule has 0 aliphatic carbocycles. The lowest BCUT2D eigenvalue weighted by Gasteiger charge is -2.11. The molecule has 0 N–H and O–H groups in total. The van der Waals surface area contributed by atoms with E-state index in [2.05, 4.69) is 73.4 Å². The number of hydrogen-bond donors (Lipinski definition) is 0. The maximum absolute atomic E-state index is 4.58. The largest absolute Gasteiger partial charge is 0.256 e.